The fourth-order valence-corrected chi connectivity index (χ4v) is 1.50. The second-order valence-electron chi connectivity index (χ2n) is 3.48. The summed E-state index contributed by atoms with van der Waals surface area (Å²) in [6, 6.07) is 9.44. The molecule has 3 heteroatoms. The molecule has 0 aliphatic carbocycles. The Kier molecular flexibility index (Phi) is 2.77. The lowest BCUT2D eigenvalue weighted by Crippen LogP contribution is -2.08. The zero-order valence-corrected chi connectivity index (χ0v) is 8.77. The number of nitrogens with zero attached hydrogens (tertiary/aromatic N) is 1. The first-order valence-electron chi connectivity index (χ1n) is 4.91. The van der Waals surface area contributed by atoms with Gasteiger partial charge < -0.3 is 0 Å². The molecule has 2 rings (SSSR count). The first-order valence-corrected chi connectivity index (χ1v) is 4.91. The van der Waals surface area contributed by atoms with Gasteiger partial charge in [-0.1, -0.05) is 18.2 Å². The average molecular weight is 215 g/mol. The van der Waals surface area contributed by atoms with E-state index in [9.17, 15) is 9.18 Å². The molecule has 0 spiro atoms. The topological polar surface area (TPSA) is 30.0 Å². The summed E-state index contributed by atoms with van der Waals surface area (Å²) in [5.74, 6) is -0.895. The quantitative estimate of drug-likeness (QED) is 0.721. The number of benzene rings is 1. The van der Waals surface area contributed by atoms with Crippen LogP contribution in [-0.2, 0) is 0 Å². The van der Waals surface area contributed by atoms with Gasteiger partial charge in [0.05, 0.1) is 5.56 Å². The number of hydrogen-bond donors (Lipinski definition) is 0. The molecule has 0 radical (unpaired) electrons. The molecular formula is C13H10FNO. The SMILES string of the molecule is Cc1cccnc1C(=O)c1ccccc1F. The smallest absolute Gasteiger partial charge is 0.214 e. The molecule has 0 unspecified atom stereocenters. The van der Waals surface area contributed by atoms with Crippen LogP contribution < -0.4 is 0 Å². The molecule has 80 valence electrons. The number of ketones is 1. The molecule has 1 heterocycles. The van der Waals surface area contributed by atoms with E-state index in [1.54, 1.807) is 31.2 Å². The lowest BCUT2D eigenvalue weighted by atomic mass is 10.0. The lowest BCUT2D eigenvalue weighted by Gasteiger charge is -2.04. The largest absolute Gasteiger partial charge is 0.287 e. The second-order valence-corrected chi connectivity index (χ2v) is 3.48. The molecule has 0 N–H and O–H groups in total. The van der Waals surface area contributed by atoms with E-state index >= 15 is 0 Å². The third-order valence-electron chi connectivity index (χ3n) is 2.34. The van der Waals surface area contributed by atoms with Gasteiger partial charge in [0.1, 0.15) is 11.5 Å². The van der Waals surface area contributed by atoms with Gasteiger partial charge >= 0.3 is 0 Å². The van der Waals surface area contributed by atoms with Gasteiger partial charge in [-0.05, 0) is 30.7 Å². The molecule has 2 nitrogen and oxygen atoms in total. The van der Waals surface area contributed by atoms with Crippen molar-refractivity contribution >= 4 is 5.78 Å². The van der Waals surface area contributed by atoms with Crippen LogP contribution in [0.15, 0.2) is 42.6 Å². The van der Waals surface area contributed by atoms with Crippen molar-refractivity contribution in [3.63, 3.8) is 0 Å². The number of aromatic nitrogens is 1. The summed E-state index contributed by atoms with van der Waals surface area (Å²) in [6.07, 6.45) is 1.53. The fraction of sp³-hybridized carbons (Fsp3) is 0.0769. The molecule has 0 amide bonds. The van der Waals surface area contributed by atoms with Crippen molar-refractivity contribution in [1.82, 2.24) is 4.98 Å². The maximum absolute atomic E-state index is 13.4. The van der Waals surface area contributed by atoms with Crippen LogP contribution in [0.5, 0.6) is 0 Å². The third kappa shape index (κ3) is 1.84. The maximum atomic E-state index is 13.4. The van der Waals surface area contributed by atoms with Crippen molar-refractivity contribution in [2.24, 2.45) is 0 Å². The van der Waals surface area contributed by atoms with Crippen LogP contribution in [0.1, 0.15) is 21.6 Å². The summed E-state index contributed by atoms with van der Waals surface area (Å²) in [5.41, 5.74) is 1.10. The molecule has 0 aliphatic rings. The molecule has 0 saturated heterocycles. The second kappa shape index (κ2) is 4.23. The van der Waals surface area contributed by atoms with Crippen molar-refractivity contribution in [1.29, 1.82) is 0 Å². The molecule has 1 aromatic carbocycles. The average Bonchev–Trinajstić information content (AvgIpc) is 2.29. The zero-order valence-electron chi connectivity index (χ0n) is 8.77. The number of halogens is 1. The minimum Gasteiger partial charge on any atom is -0.287 e. The Morgan fingerprint density at radius 3 is 2.62 bits per heavy atom. The highest BCUT2D eigenvalue weighted by atomic mass is 19.1. The van der Waals surface area contributed by atoms with Crippen molar-refractivity contribution < 1.29 is 9.18 Å². The number of rotatable bonds is 2. The first-order chi connectivity index (χ1) is 7.70. The van der Waals surface area contributed by atoms with E-state index in [4.69, 9.17) is 0 Å². The van der Waals surface area contributed by atoms with E-state index in [2.05, 4.69) is 4.98 Å². The Bertz CT molecular complexity index is 489. The highest BCUT2D eigenvalue weighted by Gasteiger charge is 2.15. The molecule has 0 atom stereocenters. The van der Waals surface area contributed by atoms with Crippen LogP contribution in [0.25, 0.3) is 0 Å². The minimum atomic E-state index is -0.516. The van der Waals surface area contributed by atoms with Gasteiger partial charge in [0.2, 0.25) is 5.78 Å². The Morgan fingerprint density at radius 2 is 1.94 bits per heavy atom. The predicted octanol–water partition coefficient (Wildman–Crippen LogP) is 2.76. The Morgan fingerprint density at radius 1 is 1.19 bits per heavy atom. The highest BCUT2D eigenvalue weighted by molar-refractivity contribution is 6.08. The van der Waals surface area contributed by atoms with Gasteiger partial charge in [0.15, 0.2) is 0 Å². The summed E-state index contributed by atoms with van der Waals surface area (Å²) in [6.45, 7) is 1.78. The molecular weight excluding hydrogens is 205 g/mol. The Hall–Kier alpha value is -2.03. The molecule has 0 fully saturated rings. The summed E-state index contributed by atoms with van der Waals surface area (Å²) >= 11 is 0. The summed E-state index contributed by atoms with van der Waals surface area (Å²) in [5, 5.41) is 0. The molecule has 0 bridgehead atoms. The van der Waals surface area contributed by atoms with Crippen molar-refractivity contribution in [2.75, 3.05) is 0 Å². The van der Waals surface area contributed by atoms with Gasteiger partial charge in [-0.25, -0.2) is 4.39 Å². The van der Waals surface area contributed by atoms with E-state index in [1.807, 2.05) is 0 Å². The maximum Gasteiger partial charge on any atom is 0.214 e. The lowest BCUT2D eigenvalue weighted by molar-refractivity contribution is 0.103. The standard InChI is InChI=1S/C13H10FNO/c1-9-5-4-8-15-12(9)13(16)10-6-2-3-7-11(10)14/h2-8H,1H3. The van der Waals surface area contributed by atoms with Crippen LogP contribution in [0.3, 0.4) is 0 Å². The predicted molar refractivity (Wildman–Crippen MR) is 58.8 cm³/mol. The highest BCUT2D eigenvalue weighted by Crippen LogP contribution is 2.14. The monoisotopic (exact) mass is 215 g/mol. The Labute approximate surface area is 92.8 Å². The van der Waals surface area contributed by atoms with Gasteiger partial charge in [0.25, 0.3) is 0 Å². The van der Waals surface area contributed by atoms with E-state index in [0.717, 1.165) is 5.56 Å². The van der Waals surface area contributed by atoms with E-state index in [1.165, 1.54) is 18.3 Å². The van der Waals surface area contributed by atoms with Gasteiger partial charge in [0, 0.05) is 6.20 Å². The van der Waals surface area contributed by atoms with Crippen LogP contribution >= 0.6 is 0 Å². The number of carbonyl (C=O) groups is 1. The minimum absolute atomic E-state index is 0.0595. The first kappa shape index (κ1) is 10.5. The van der Waals surface area contributed by atoms with Crippen LogP contribution in [0, 0.1) is 12.7 Å². The van der Waals surface area contributed by atoms with Crippen LogP contribution in [-0.4, -0.2) is 10.8 Å². The Balaban J connectivity index is 2.48. The number of carbonyl (C=O) groups excluding carboxylic acids is 1. The normalized spacial score (nSPS) is 10.1. The zero-order chi connectivity index (χ0) is 11.5. The molecule has 16 heavy (non-hydrogen) atoms. The van der Waals surface area contributed by atoms with E-state index in [0.29, 0.717) is 5.69 Å². The number of pyridine rings is 1. The third-order valence-corrected chi connectivity index (χ3v) is 2.34. The molecule has 0 saturated carbocycles. The molecule has 2 aromatic rings. The summed E-state index contributed by atoms with van der Waals surface area (Å²) < 4.78 is 13.4. The number of hydrogen-bond acceptors (Lipinski definition) is 2. The van der Waals surface area contributed by atoms with Crippen LogP contribution in [0.2, 0.25) is 0 Å². The molecule has 0 aliphatic heterocycles. The summed E-state index contributed by atoms with van der Waals surface area (Å²) in [7, 11) is 0. The van der Waals surface area contributed by atoms with Crippen molar-refractivity contribution in [3.8, 4) is 0 Å². The van der Waals surface area contributed by atoms with Crippen molar-refractivity contribution in [2.45, 2.75) is 6.92 Å². The number of aryl methyl sites for hydroxylation is 1. The molecule has 1 aromatic heterocycles. The van der Waals surface area contributed by atoms with Crippen molar-refractivity contribution in [3.05, 3.63) is 65.2 Å². The summed E-state index contributed by atoms with van der Waals surface area (Å²) in [4.78, 5) is 16.0. The van der Waals surface area contributed by atoms with Gasteiger partial charge in [-0.2, -0.15) is 0 Å². The van der Waals surface area contributed by atoms with Crippen LogP contribution in [0.4, 0.5) is 4.39 Å². The van der Waals surface area contributed by atoms with E-state index in [-0.39, 0.29) is 11.3 Å². The van der Waals surface area contributed by atoms with Gasteiger partial charge in [-0.3, -0.25) is 9.78 Å². The fourth-order valence-electron chi connectivity index (χ4n) is 1.50. The van der Waals surface area contributed by atoms with E-state index < -0.39 is 5.82 Å². The van der Waals surface area contributed by atoms with Gasteiger partial charge in [-0.15, -0.1) is 0 Å².